The Bertz CT molecular complexity index is 975. The summed E-state index contributed by atoms with van der Waals surface area (Å²) in [5.74, 6) is 0.888. The number of hydrogen-bond acceptors (Lipinski definition) is 6. The van der Waals surface area contributed by atoms with Gasteiger partial charge in [0.05, 0.1) is 0 Å². The van der Waals surface area contributed by atoms with Crippen LogP contribution in [0.25, 0.3) is 22.6 Å². The lowest BCUT2D eigenvalue weighted by Crippen LogP contribution is -2.07. The maximum Gasteiger partial charge on any atom is 0.311 e. The van der Waals surface area contributed by atoms with E-state index in [-0.39, 0.29) is 11.9 Å². The topological polar surface area (TPSA) is 78.6 Å². The molecule has 0 unspecified atom stereocenters. The van der Waals surface area contributed by atoms with Crippen molar-refractivity contribution in [2.24, 2.45) is 0 Å². The van der Waals surface area contributed by atoms with Gasteiger partial charge in [-0.1, -0.05) is 26.7 Å². The van der Waals surface area contributed by atoms with Gasteiger partial charge in [0, 0.05) is 24.5 Å². The molecule has 0 bridgehead atoms. The fraction of sp³-hybridized carbons (Fsp3) is 0.348. The quantitative estimate of drug-likeness (QED) is 0.342. The Hall–Kier alpha value is -3.15. The van der Waals surface area contributed by atoms with Crippen molar-refractivity contribution in [3.8, 4) is 23.0 Å². The van der Waals surface area contributed by atoms with Crippen LogP contribution in [-0.4, -0.2) is 16.9 Å². The van der Waals surface area contributed by atoms with E-state index in [1.165, 1.54) is 0 Å². The number of oxazole rings is 1. The lowest BCUT2D eigenvalue weighted by molar-refractivity contribution is -0.135. The van der Waals surface area contributed by atoms with Crippen LogP contribution in [0.5, 0.6) is 11.5 Å². The first-order valence-corrected chi connectivity index (χ1v) is 10.0. The van der Waals surface area contributed by atoms with Gasteiger partial charge >= 0.3 is 11.9 Å². The first-order valence-electron chi connectivity index (χ1n) is 10.0. The molecule has 0 spiro atoms. The van der Waals surface area contributed by atoms with Crippen molar-refractivity contribution in [1.29, 1.82) is 0 Å². The number of carbonyl (C=O) groups is 2. The molecule has 1 aromatic heterocycles. The van der Waals surface area contributed by atoms with E-state index in [0.29, 0.717) is 41.3 Å². The lowest BCUT2D eigenvalue weighted by atomic mass is 10.2. The Balaban J connectivity index is 1.69. The van der Waals surface area contributed by atoms with Crippen LogP contribution in [0.3, 0.4) is 0 Å². The smallest absolute Gasteiger partial charge is 0.311 e. The summed E-state index contributed by atoms with van der Waals surface area (Å²) < 4.78 is 16.5. The van der Waals surface area contributed by atoms with E-state index in [1.54, 1.807) is 42.5 Å². The molecule has 2 aromatic carbocycles. The first-order chi connectivity index (χ1) is 14.1. The van der Waals surface area contributed by atoms with E-state index in [1.807, 2.05) is 13.8 Å². The van der Waals surface area contributed by atoms with Crippen LogP contribution in [0.2, 0.25) is 0 Å². The van der Waals surface area contributed by atoms with Crippen molar-refractivity contribution in [2.45, 2.75) is 52.4 Å². The third-order valence-electron chi connectivity index (χ3n) is 4.39. The maximum absolute atomic E-state index is 11.8. The minimum absolute atomic E-state index is 0.234. The maximum atomic E-state index is 11.8. The third-order valence-corrected chi connectivity index (χ3v) is 4.39. The number of rotatable bonds is 9. The van der Waals surface area contributed by atoms with Crippen molar-refractivity contribution < 1.29 is 23.5 Å². The van der Waals surface area contributed by atoms with Gasteiger partial charge in [0.2, 0.25) is 5.89 Å². The molecular weight excluding hydrogens is 370 g/mol. The molecule has 0 amide bonds. The van der Waals surface area contributed by atoms with Gasteiger partial charge in [0.25, 0.3) is 0 Å². The first kappa shape index (κ1) is 20.6. The number of hydrogen-bond donors (Lipinski definition) is 0. The molecule has 0 aliphatic heterocycles. The van der Waals surface area contributed by atoms with Crippen molar-refractivity contribution in [3.63, 3.8) is 0 Å². The number of ether oxygens (including phenoxy) is 2. The fourth-order valence-electron chi connectivity index (χ4n) is 2.76. The number of benzene rings is 2. The second-order valence-corrected chi connectivity index (χ2v) is 6.83. The van der Waals surface area contributed by atoms with Crippen molar-refractivity contribution in [3.05, 3.63) is 42.5 Å². The molecule has 6 nitrogen and oxygen atoms in total. The van der Waals surface area contributed by atoms with Gasteiger partial charge in [-0.05, 0) is 49.2 Å². The predicted molar refractivity (Wildman–Crippen MR) is 110 cm³/mol. The Morgan fingerprint density at radius 3 is 2.07 bits per heavy atom. The summed E-state index contributed by atoms with van der Waals surface area (Å²) in [6, 6.07) is 12.1. The summed E-state index contributed by atoms with van der Waals surface area (Å²) in [5, 5.41) is 0. The van der Waals surface area contributed by atoms with Gasteiger partial charge in [-0.25, -0.2) is 4.98 Å². The number of nitrogens with zero attached hydrogens (tertiary/aromatic N) is 1. The van der Waals surface area contributed by atoms with Crippen molar-refractivity contribution in [1.82, 2.24) is 4.98 Å². The Kier molecular flexibility index (Phi) is 7.00. The molecule has 0 N–H and O–H groups in total. The van der Waals surface area contributed by atoms with Crippen LogP contribution in [0.15, 0.2) is 46.9 Å². The van der Waals surface area contributed by atoms with E-state index in [4.69, 9.17) is 13.9 Å². The van der Waals surface area contributed by atoms with Gasteiger partial charge in [-0.3, -0.25) is 9.59 Å². The number of carbonyl (C=O) groups excluding carboxylic acids is 2. The van der Waals surface area contributed by atoms with Gasteiger partial charge in [-0.2, -0.15) is 0 Å². The van der Waals surface area contributed by atoms with Crippen molar-refractivity contribution in [2.75, 3.05) is 0 Å². The van der Waals surface area contributed by atoms with Gasteiger partial charge in [0.1, 0.15) is 17.0 Å². The Morgan fingerprint density at radius 2 is 1.45 bits per heavy atom. The molecule has 0 saturated heterocycles. The summed E-state index contributed by atoms with van der Waals surface area (Å²) in [5.41, 5.74) is 1.97. The second kappa shape index (κ2) is 9.87. The Morgan fingerprint density at radius 1 is 0.862 bits per heavy atom. The minimum Gasteiger partial charge on any atom is -0.436 e. The summed E-state index contributed by atoms with van der Waals surface area (Å²) in [7, 11) is 0. The van der Waals surface area contributed by atoms with Crippen LogP contribution >= 0.6 is 0 Å². The zero-order valence-corrected chi connectivity index (χ0v) is 16.8. The van der Waals surface area contributed by atoms with Gasteiger partial charge in [0.15, 0.2) is 5.58 Å². The molecule has 0 radical (unpaired) electrons. The molecule has 0 aliphatic carbocycles. The fourth-order valence-corrected chi connectivity index (χ4v) is 2.76. The standard InChI is InChI=1S/C23H25NO5/c1-3-5-7-21(25)27-17-11-9-16(10-12-17)23-24-19-14-13-18(15-20(19)29-23)28-22(26)8-6-4-2/h9-15H,3-8H2,1-2H3. The molecule has 0 atom stereocenters. The van der Waals surface area contributed by atoms with Crippen molar-refractivity contribution >= 4 is 23.0 Å². The molecule has 152 valence electrons. The molecule has 3 rings (SSSR count). The monoisotopic (exact) mass is 395 g/mol. The highest BCUT2D eigenvalue weighted by Crippen LogP contribution is 2.28. The second-order valence-electron chi connectivity index (χ2n) is 6.83. The molecule has 29 heavy (non-hydrogen) atoms. The van der Waals surface area contributed by atoms with Crippen LogP contribution in [0.1, 0.15) is 52.4 Å². The molecule has 1 heterocycles. The van der Waals surface area contributed by atoms with E-state index in [2.05, 4.69) is 4.98 Å². The SMILES string of the molecule is CCCCC(=O)Oc1ccc(-c2nc3ccc(OC(=O)CCCC)cc3o2)cc1. The predicted octanol–water partition coefficient (Wildman–Crippen LogP) is 5.69. The highest BCUT2D eigenvalue weighted by Gasteiger charge is 2.12. The largest absolute Gasteiger partial charge is 0.436 e. The van der Waals surface area contributed by atoms with Crippen LogP contribution in [0, 0.1) is 0 Å². The summed E-state index contributed by atoms with van der Waals surface area (Å²) in [4.78, 5) is 28.0. The zero-order chi connectivity index (χ0) is 20.6. The summed E-state index contributed by atoms with van der Waals surface area (Å²) in [6.07, 6.45) is 4.31. The highest BCUT2D eigenvalue weighted by atomic mass is 16.5. The average Bonchev–Trinajstić information content (AvgIpc) is 3.14. The molecular formula is C23H25NO5. The number of fused-ring (bicyclic) bond motifs is 1. The van der Waals surface area contributed by atoms with Gasteiger partial charge < -0.3 is 13.9 Å². The average molecular weight is 395 g/mol. The van der Waals surface area contributed by atoms with E-state index >= 15 is 0 Å². The Labute approximate surface area is 169 Å². The number of unbranched alkanes of at least 4 members (excludes halogenated alkanes) is 2. The van der Waals surface area contributed by atoms with E-state index < -0.39 is 0 Å². The molecule has 0 aliphatic rings. The molecule has 6 heteroatoms. The van der Waals surface area contributed by atoms with Crippen LogP contribution < -0.4 is 9.47 Å². The normalized spacial score (nSPS) is 10.8. The zero-order valence-electron chi connectivity index (χ0n) is 16.8. The minimum atomic E-state index is -0.255. The number of aromatic nitrogens is 1. The number of esters is 2. The van der Waals surface area contributed by atoms with Crippen LogP contribution in [0.4, 0.5) is 0 Å². The molecule has 0 fully saturated rings. The van der Waals surface area contributed by atoms with E-state index in [0.717, 1.165) is 31.2 Å². The lowest BCUT2D eigenvalue weighted by Gasteiger charge is -2.04. The van der Waals surface area contributed by atoms with Crippen LogP contribution in [-0.2, 0) is 9.59 Å². The van der Waals surface area contributed by atoms with Gasteiger partial charge in [-0.15, -0.1) is 0 Å². The highest BCUT2D eigenvalue weighted by molar-refractivity contribution is 5.80. The summed E-state index contributed by atoms with van der Waals surface area (Å²) in [6.45, 7) is 4.06. The molecule has 3 aromatic rings. The molecule has 0 saturated carbocycles. The third kappa shape index (κ3) is 5.67. The van der Waals surface area contributed by atoms with E-state index in [9.17, 15) is 9.59 Å². The summed E-state index contributed by atoms with van der Waals surface area (Å²) >= 11 is 0.